The Morgan fingerprint density at radius 2 is 1.76 bits per heavy atom. The lowest BCUT2D eigenvalue weighted by atomic mass is 9.90. The van der Waals surface area contributed by atoms with Gasteiger partial charge in [-0.1, -0.05) is 37.6 Å². The molecule has 2 aromatic carbocycles. The summed E-state index contributed by atoms with van der Waals surface area (Å²) >= 11 is 6.09. The summed E-state index contributed by atoms with van der Waals surface area (Å²) in [6.45, 7) is 8.66. The van der Waals surface area contributed by atoms with E-state index in [2.05, 4.69) is 4.90 Å². The Balaban J connectivity index is 1.53. The molecule has 0 spiro atoms. The summed E-state index contributed by atoms with van der Waals surface area (Å²) in [7, 11) is 0. The predicted molar refractivity (Wildman–Crippen MR) is 143 cm³/mol. The number of carbonyl (C=O) groups excluding carboxylic acids is 2. The molecule has 2 amide bonds. The van der Waals surface area contributed by atoms with Crippen LogP contribution in [-0.2, 0) is 9.53 Å². The minimum Gasteiger partial charge on any atom is -0.450 e. The molecule has 37 heavy (non-hydrogen) atoms. The lowest BCUT2D eigenvalue weighted by molar-refractivity contribution is -0.136. The fourth-order valence-corrected chi connectivity index (χ4v) is 5.49. The third kappa shape index (κ3) is 5.85. The minimum absolute atomic E-state index is 0.0802. The second kappa shape index (κ2) is 11.7. The topological polar surface area (TPSA) is 79.1 Å². The van der Waals surface area contributed by atoms with Crippen molar-refractivity contribution < 1.29 is 18.7 Å². The molecular weight excluding hydrogens is 495 g/mol. The van der Waals surface area contributed by atoms with Gasteiger partial charge in [0.15, 0.2) is 0 Å². The van der Waals surface area contributed by atoms with Gasteiger partial charge in [-0.15, -0.1) is 0 Å². The number of carbonyl (C=O) groups is 2. The number of ether oxygens (including phenoxy) is 1. The highest BCUT2D eigenvalue weighted by atomic mass is 35.5. The van der Waals surface area contributed by atoms with E-state index in [4.69, 9.17) is 22.1 Å². The molecule has 0 aromatic heterocycles. The average Bonchev–Trinajstić information content (AvgIpc) is 3.34. The maximum Gasteiger partial charge on any atom is 0.410 e. The van der Waals surface area contributed by atoms with E-state index >= 15 is 0 Å². The Morgan fingerprint density at radius 3 is 2.38 bits per heavy atom. The van der Waals surface area contributed by atoms with E-state index in [0.29, 0.717) is 44.2 Å². The second-order valence-corrected chi connectivity index (χ2v) is 10.5. The smallest absolute Gasteiger partial charge is 0.410 e. The quantitative estimate of drug-likeness (QED) is 0.580. The zero-order valence-corrected chi connectivity index (χ0v) is 22.5. The Kier molecular flexibility index (Phi) is 8.60. The van der Waals surface area contributed by atoms with Gasteiger partial charge in [0.25, 0.3) is 0 Å². The molecule has 3 atom stereocenters. The molecule has 4 rings (SSSR count). The molecule has 2 aliphatic rings. The number of nitrogens with two attached hydrogens (primary N) is 1. The van der Waals surface area contributed by atoms with E-state index in [1.807, 2.05) is 43.0 Å². The number of anilines is 1. The van der Waals surface area contributed by atoms with E-state index in [9.17, 15) is 14.0 Å². The zero-order chi connectivity index (χ0) is 26.7. The summed E-state index contributed by atoms with van der Waals surface area (Å²) in [4.78, 5) is 32.2. The summed E-state index contributed by atoms with van der Waals surface area (Å²) in [5.41, 5.74) is 9.07. The van der Waals surface area contributed by atoms with Crippen molar-refractivity contribution in [3.8, 4) is 0 Å². The third-order valence-corrected chi connectivity index (χ3v) is 7.70. The van der Waals surface area contributed by atoms with E-state index in [1.165, 1.54) is 12.1 Å². The summed E-state index contributed by atoms with van der Waals surface area (Å²) in [5.74, 6) is -0.370. The van der Waals surface area contributed by atoms with Gasteiger partial charge in [-0.3, -0.25) is 9.69 Å². The van der Waals surface area contributed by atoms with Crippen LogP contribution in [0.4, 0.5) is 14.9 Å². The highest BCUT2D eigenvalue weighted by Crippen LogP contribution is 2.36. The fraction of sp³-hybridized carbons (Fsp3) is 0.500. The Bertz CT molecular complexity index is 1110. The largest absolute Gasteiger partial charge is 0.450 e. The van der Waals surface area contributed by atoms with Crippen LogP contribution in [0, 0.1) is 11.7 Å². The molecule has 2 aromatic rings. The van der Waals surface area contributed by atoms with Gasteiger partial charge in [-0.2, -0.15) is 0 Å². The van der Waals surface area contributed by atoms with Gasteiger partial charge in [0, 0.05) is 55.4 Å². The first-order chi connectivity index (χ1) is 17.7. The molecule has 2 aliphatic heterocycles. The predicted octanol–water partition coefficient (Wildman–Crippen LogP) is 4.80. The lowest BCUT2D eigenvalue weighted by Crippen LogP contribution is -2.55. The summed E-state index contributed by atoms with van der Waals surface area (Å²) in [6, 6.07) is 11.3. The zero-order valence-electron chi connectivity index (χ0n) is 21.7. The molecule has 7 nitrogen and oxygen atoms in total. The Morgan fingerprint density at radius 1 is 1.08 bits per heavy atom. The first-order valence-corrected chi connectivity index (χ1v) is 13.4. The number of piperazine rings is 1. The Hall–Kier alpha value is -2.84. The van der Waals surface area contributed by atoms with Gasteiger partial charge in [-0.25, -0.2) is 9.18 Å². The molecule has 0 unspecified atom stereocenters. The number of likely N-dealkylation sites (tertiary alicyclic amines) is 1. The van der Waals surface area contributed by atoms with E-state index in [-0.39, 0.29) is 36.2 Å². The first-order valence-electron chi connectivity index (χ1n) is 13.0. The van der Waals surface area contributed by atoms with Crippen molar-refractivity contribution in [1.82, 2.24) is 9.80 Å². The summed E-state index contributed by atoms with van der Waals surface area (Å²) in [5, 5.41) is 0.625. The van der Waals surface area contributed by atoms with Gasteiger partial charge in [0.05, 0.1) is 6.61 Å². The van der Waals surface area contributed by atoms with Crippen LogP contribution in [0.1, 0.15) is 50.3 Å². The van der Waals surface area contributed by atoms with Gasteiger partial charge >= 0.3 is 6.09 Å². The number of nitrogens with zero attached hydrogens (tertiary/aromatic N) is 3. The summed E-state index contributed by atoms with van der Waals surface area (Å²) < 4.78 is 19.3. The van der Waals surface area contributed by atoms with Crippen LogP contribution in [0.3, 0.4) is 0 Å². The number of halogens is 2. The Labute approximate surface area is 223 Å². The second-order valence-electron chi connectivity index (χ2n) is 10.1. The van der Waals surface area contributed by atoms with E-state index in [0.717, 1.165) is 16.8 Å². The van der Waals surface area contributed by atoms with Gasteiger partial charge in [0.1, 0.15) is 11.9 Å². The third-order valence-electron chi connectivity index (χ3n) is 7.45. The molecular formula is C28H36ClFN4O3. The maximum absolute atomic E-state index is 14.1. The van der Waals surface area contributed by atoms with Crippen LogP contribution < -0.4 is 10.6 Å². The van der Waals surface area contributed by atoms with Crippen LogP contribution in [0.25, 0.3) is 0 Å². The van der Waals surface area contributed by atoms with Crippen LogP contribution in [-0.4, -0.2) is 67.2 Å². The number of rotatable bonds is 6. The molecule has 9 heteroatoms. The molecule has 0 saturated carbocycles. The van der Waals surface area contributed by atoms with Crippen LogP contribution in [0.15, 0.2) is 42.5 Å². The fourth-order valence-electron chi connectivity index (χ4n) is 5.36. The molecule has 2 N–H and O–H groups in total. The molecule has 2 saturated heterocycles. The van der Waals surface area contributed by atoms with Gasteiger partial charge in [-0.05, 0) is 60.7 Å². The first kappa shape index (κ1) is 27.2. The van der Waals surface area contributed by atoms with Gasteiger partial charge in [0.2, 0.25) is 5.91 Å². The van der Waals surface area contributed by atoms with Crippen molar-refractivity contribution in [2.24, 2.45) is 11.7 Å². The highest BCUT2D eigenvalue weighted by Gasteiger charge is 2.45. The molecule has 2 fully saturated rings. The number of hydrogen-bond acceptors (Lipinski definition) is 5. The SMILES string of the molecule is CCOC(=O)N1CC[C@H](c2ccc(Cl)cc2)[C@@H]1C(=O)N1CCN(c2ccc(F)cc2[C@@H](N)C(C)C)CC1. The van der Waals surface area contributed by atoms with Crippen molar-refractivity contribution in [2.45, 2.75) is 45.2 Å². The van der Waals surface area contributed by atoms with Crippen LogP contribution in [0.2, 0.25) is 5.02 Å². The van der Waals surface area contributed by atoms with Gasteiger partial charge < -0.3 is 20.3 Å². The van der Waals surface area contributed by atoms with Crippen molar-refractivity contribution in [3.05, 3.63) is 64.4 Å². The lowest BCUT2D eigenvalue weighted by Gasteiger charge is -2.40. The van der Waals surface area contributed by atoms with Crippen molar-refractivity contribution in [2.75, 3.05) is 44.2 Å². The normalized spacial score (nSPS) is 20.9. The standard InChI is InChI=1S/C28H36ClFN4O3/c1-4-37-28(36)34-12-11-22(19-5-7-20(29)8-6-19)26(34)27(35)33-15-13-32(14-16-33)24-10-9-21(30)17-23(24)25(31)18(2)3/h5-10,17-18,22,25-26H,4,11-16,31H2,1-3H3/t22-,25+,26-/m1/s1. The molecule has 0 aliphatic carbocycles. The number of amides is 2. The number of hydrogen-bond donors (Lipinski definition) is 1. The molecule has 200 valence electrons. The average molecular weight is 531 g/mol. The van der Waals surface area contributed by atoms with Crippen LogP contribution in [0.5, 0.6) is 0 Å². The number of benzene rings is 2. The van der Waals surface area contributed by atoms with Crippen molar-refractivity contribution >= 4 is 29.3 Å². The minimum atomic E-state index is -0.637. The summed E-state index contributed by atoms with van der Waals surface area (Å²) in [6.07, 6.45) is 0.206. The molecule has 2 heterocycles. The van der Waals surface area contributed by atoms with E-state index in [1.54, 1.807) is 17.9 Å². The molecule has 0 bridgehead atoms. The maximum atomic E-state index is 14.1. The highest BCUT2D eigenvalue weighted by molar-refractivity contribution is 6.30. The van der Waals surface area contributed by atoms with Crippen LogP contribution >= 0.6 is 11.6 Å². The van der Waals surface area contributed by atoms with Crippen molar-refractivity contribution in [3.63, 3.8) is 0 Å². The van der Waals surface area contributed by atoms with Crippen molar-refractivity contribution in [1.29, 1.82) is 0 Å². The van der Waals surface area contributed by atoms with E-state index < -0.39 is 12.1 Å². The monoisotopic (exact) mass is 530 g/mol. The molecule has 0 radical (unpaired) electrons.